The number of pyridine rings is 1. The van der Waals surface area contributed by atoms with Crippen molar-refractivity contribution in [2.45, 2.75) is 13.1 Å². The summed E-state index contributed by atoms with van der Waals surface area (Å²) in [6.45, 7) is 5.15. The Hall–Kier alpha value is -1.34. The number of hydrogen-bond acceptors (Lipinski definition) is 3. The van der Waals surface area contributed by atoms with Gasteiger partial charge in [-0.25, -0.2) is 0 Å². The molecule has 1 aliphatic heterocycles. The van der Waals surface area contributed by atoms with E-state index >= 15 is 0 Å². The number of aromatic nitrogens is 1. The summed E-state index contributed by atoms with van der Waals surface area (Å²) in [6.07, 6.45) is -4.36. The maximum atomic E-state index is 12.9. The molecule has 0 radical (unpaired) electrons. The second kappa shape index (κ2) is 5.70. The van der Waals surface area contributed by atoms with Crippen LogP contribution in [-0.4, -0.2) is 31.2 Å². The number of alkyl halides is 3. The molecule has 0 saturated carbocycles. The highest BCUT2D eigenvalue weighted by Gasteiger charge is 2.31. The topological polar surface area (TPSA) is 28.2 Å². The average molecular weight is 374 g/mol. The summed E-state index contributed by atoms with van der Waals surface area (Å²) >= 11 is 3.55. The molecule has 7 heteroatoms. The minimum absolute atomic E-state index is 0.379. The van der Waals surface area contributed by atoms with Gasteiger partial charge in [-0.15, -0.1) is 0 Å². The Balaban J connectivity index is 2.19. The molecule has 2 aromatic rings. The standard InChI is InChI=1S/C15H15BrF3N3/c1-9-13(16)14(22-6-4-20-5-7-22)11-3-2-10(15(17,18)19)8-12(11)21-9/h2-3,8,20H,4-7H2,1H3. The van der Waals surface area contributed by atoms with Crippen molar-refractivity contribution in [3.05, 3.63) is 33.9 Å². The van der Waals surface area contributed by atoms with Crippen molar-refractivity contribution in [2.75, 3.05) is 31.1 Å². The molecule has 1 saturated heterocycles. The third kappa shape index (κ3) is 2.79. The molecule has 3 nitrogen and oxygen atoms in total. The molecule has 0 spiro atoms. The van der Waals surface area contributed by atoms with Crippen molar-refractivity contribution in [1.29, 1.82) is 0 Å². The molecule has 1 fully saturated rings. The molecular weight excluding hydrogens is 359 g/mol. The van der Waals surface area contributed by atoms with E-state index in [0.717, 1.165) is 53.9 Å². The fourth-order valence-corrected chi connectivity index (χ4v) is 3.27. The Morgan fingerprint density at radius 3 is 2.55 bits per heavy atom. The number of hydrogen-bond donors (Lipinski definition) is 1. The monoisotopic (exact) mass is 373 g/mol. The number of benzene rings is 1. The smallest absolute Gasteiger partial charge is 0.367 e. The number of rotatable bonds is 1. The zero-order chi connectivity index (χ0) is 15.9. The van der Waals surface area contributed by atoms with Crippen molar-refractivity contribution in [1.82, 2.24) is 10.3 Å². The van der Waals surface area contributed by atoms with Crippen molar-refractivity contribution >= 4 is 32.5 Å². The first-order valence-corrected chi connectivity index (χ1v) is 7.80. The van der Waals surface area contributed by atoms with Gasteiger partial charge >= 0.3 is 6.18 Å². The zero-order valence-electron chi connectivity index (χ0n) is 12.0. The fraction of sp³-hybridized carbons (Fsp3) is 0.400. The molecule has 1 aromatic heterocycles. The average Bonchev–Trinajstić information content (AvgIpc) is 2.48. The third-order valence-electron chi connectivity index (χ3n) is 3.83. The van der Waals surface area contributed by atoms with E-state index in [2.05, 4.69) is 31.1 Å². The van der Waals surface area contributed by atoms with Crippen LogP contribution in [0.3, 0.4) is 0 Å². The van der Waals surface area contributed by atoms with E-state index in [9.17, 15) is 13.2 Å². The lowest BCUT2D eigenvalue weighted by Crippen LogP contribution is -2.43. The van der Waals surface area contributed by atoms with Gasteiger partial charge in [0.1, 0.15) is 0 Å². The fourth-order valence-electron chi connectivity index (χ4n) is 2.72. The maximum Gasteiger partial charge on any atom is 0.416 e. The van der Waals surface area contributed by atoms with Gasteiger partial charge in [0.2, 0.25) is 0 Å². The van der Waals surface area contributed by atoms with E-state index in [1.165, 1.54) is 6.07 Å². The van der Waals surface area contributed by atoms with Gasteiger partial charge in [-0.1, -0.05) is 6.07 Å². The second-order valence-corrected chi connectivity index (χ2v) is 6.12. The van der Waals surface area contributed by atoms with Crippen LogP contribution in [0, 0.1) is 6.92 Å². The Bertz CT molecular complexity index is 709. The van der Waals surface area contributed by atoms with Crippen LogP contribution in [0.1, 0.15) is 11.3 Å². The summed E-state index contributed by atoms with van der Waals surface area (Å²) in [5, 5.41) is 4.02. The van der Waals surface area contributed by atoms with Gasteiger partial charge in [-0.3, -0.25) is 4.98 Å². The summed E-state index contributed by atoms with van der Waals surface area (Å²) in [5.41, 5.74) is 1.34. The molecule has 0 amide bonds. The van der Waals surface area contributed by atoms with Crippen molar-refractivity contribution in [2.24, 2.45) is 0 Å². The molecule has 2 heterocycles. The van der Waals surface area contributed by atoms with Crippen LogP contribution in [0.2, 0.25) is 0 Å². The highest BCUT2D eigenvalue weighted by molar-refractivity contribution is 9.10. The van der Waals surface area contributed by atoms with Gasteiger partial charge in [-0.2, -0.15) is 13.2 Å². The highest BCUT2D eigenvalue weighted by Crippen LogP contribution is 2.38. The molecule has 0 unspecified atom stereocenters. The van der Waals surface area contributed by atoms with Crippen LogP contribution >= 0.6 is 15.9 Å². The Kier molecular flexibility index (Phi) is 4.03. The minimum Gasteiger partial charge on any atom is -0.367 e. The minimum atomic E-state index is -4.36. The van der Waals surface area contributed by atoms with E-state index in [1.54, 1.807) is 6.92 Å². The molecular formula is C15H15BrF3N3. The molecule has 1 N–H and O–H groups in total. The van der Waals surface area contributed by atoms with Crippen LogP contribution < -0.4 is 10.2 Å². The lowest BCUT2D eigenvalue weighted by atomic mass is 10.1. The van der Waals surface area contributed by atoms with Crippen LogP contribution in [0.4, 0.5) is 18.9 Å². The Morgan fingerprint density at radius 1 is 1.23 bits per heavy atom. The first kappa shape index (κ1) is 15.6. The van der Waals surface area contributed by atoms with Crippen molar-refractivity contribution in [3.63, 3.8) is 0 Å². The van der Waals surface area contributed by atoms with E-state index in [-0.39, 0.29) is 0 Å². The SMILES string of the molecule is Cc1nc2cc(C(F)(F)F)ccc2c(N2CCNCC2)c1Br. The summed E-state index contributed by atoms with van der Waals surface area (Å²) < 4.78 is 39.5. The molecule has 0 bridgehead atoms. The Labute approximate surface area is 134 Å². The maximum absolute atomic E-state index is 12.9. The summed E-state index contributed by atoms with van der Waals surface area (Å²) in [6, 6.07) is 3.77. The molecule has 0 aliphatic carbocycles. The van der Waals surface area contributed by atoms with Crippen LogP contribution in [0.5, 0.6) is 0 Å². The predicted molar refractivity (Wildman–Crippen MR) is 84.3 cm³/mol. The number of aryl methyl sites for hydroxylation is 1. The van der Waals surface area contributed by atoms with E-state index in [4.69, 9.17) is 0 Å². The lowest BCUT2D eigenvalue weighted by molar-refractivity contribution is -0.137. The first-order chi connectivity index (χ1) is 10.4. The molecule has 3 rings (SSSR count). The van der Waals surface area contributed by atoms with E-state index in [1.807, 2.05) is 0 Å². The van der Waals surface area contributed by atoms with Gasteiger partial charge in [0, 0.05) is 31.6 Å². The molecule has 1 aliphatic rings. The van der Waals surface area contributed by atoms with Gasteiger partial charge in [0.05, 0.1) is 26.9 Å². The Morgan fingerprint density at radius 2 is 1.91 bits per heavy atom. The number of fused-ring (bicyclic) bond motifs is 1. The summed E-state index contributed by atoms with van der Waals surface area (Å²) in [5.74, 6) is 0. The molecule has 22 heavy (non-hydrogen) atoms. The zero-order valence-corrected chi connectivity index (χ0v) is 13.6. The van der Waals surface area contributed by atoms with E-state index in [0.29, 0.717) is 11.2 Å². The third-order valence-corrected chi connectivity index (χ3v) is 4.78. The number of nitrogens with one attached hydrogen (secondary N) is 1. The number of nitrogens with zero attached hydrogens (tertiary/aromatic N) is 2. The van der Waals surface area contributed by atoms with Crippen molar-refractivity contribution < 1.29 is 13.2 Å². The summed E-state index contributed by atoms with van der Waals surface area (Å²) in [4.78, 5) is 6.50. The molecule has 1 aromatic carbocycles. The van der Waals surface area contributed by atoms with Crippen LogP contribution in [-0.2, 0) is 6.18 Å². The van der Waals surface area contributed by atoms with Crippen molar-refractivity contribution in [3.8, 4) is 0 Å². The molecule has 0 atom stereocenters. The van der Waals surface area contributed by atoms with Gasteiger partial charge in [-0.05, 0) is 35.0 Å². The predicted octanol–water partition coefficient (Wildman–Crippen LogP) is 3.73. The second-order valence-electron chi connectivity index (χ2n) is 5.33. The first-order valence-electron chi connectivity index (χ1n) is 7.00. The van der Waals surface area contributed by atoms with E-state index < -0.39 is 11.7 Å². The van der Waals surface area contributed by atoms with Crippen LogP contribution in [0.15, 0.2) is 22.7 Å². The largest absolute Gasteiger partial charge is 0.416 e. The molecule has 118 valence electrons. The van der Waals surface area contributed by atoms with Gasteiger partial charge < -0.3 is 10.2 Å². The number of anilines is 1. The quantitative estimate of drug-likeness (QED) is 0.825. The van der Waals surface area contributed by atoms with Crippen LogP contribution in [0.25, 0.3) is 10.9 Å². The van der Waals surface area contributed by atoms with Gasteiger partial charge in [0.15, 0.2) is 0 Å². The lowest BCUT2D eigenvalue weighted by Gasteiger charge is -2.31. The summed E-state index contributed by atoms with van der Waals surface area (Å²) in [7, 11) is 0. The highest BCUT2D eigenvalue weighted by atomic mass is 79.9. The number of piperazine rings is 1. The number of halogens is 4. The normalized spacial score (nSPS) is 16.3. The van der Waals surface area contributed by atoms with Gasteiger partial charge in [0.25, 0.3) is 0 Å².